The van der Waals surface area contributed by atoms with E-state index in [9.17, 15) is 29.6 Å². The van der Waals surface area contributed by atoms with Crippen molar-refractivity contribution >= 4 is 45.0 Å². The van der Waals surface area contributed by atoms with Gasteiger partial charge in [-0.2, -0.15) is 0 Å². The highest BCUT2D eigenvalue weighted by atomic mass is 79.9. The molecule has 0 bridgehead atoms. The van der Waals surface area contributed by atoms with Crippen LogP contribution in [0, 0.1) is 16.0 Å². The first-order valence-electron chi connectivity index (χ1n) is 10.6. The van der Waals surface area contributed by atoms with Crippen molar-refractivity contribution < 1.29 is 29.2 Å². The molecule has 0 aromatic heterocycles. The van der Waals surface area contributed by atoms with E-state index >= 15 is 0 Å². The van der Waals surface area contributed by atoms with E-state index in [0.717, 1.165) is 4.47 Å². The predicted molar refractivity (Wildman–Crippen MR) is 124 cm³/mol. The number of carbonyl (C=O) groups excluding carboxylic acids is 3. The highest BCUT2D eigenvalue weighted by molar-refractivity contribution is 9.10. The van der Waals surface area contributed by atoms with E-state index < -0.39 is 46.2 Å². The Labute approximate surface area is 203 Å². The third-order valence-electron chi connectivity index (χ3n) is 6.30. The average Bonchev–Trinajstić information content (AvgIpc) is 3.05. The van der Waals surface area contributed by atoms with Crippen molar-refractivity contribution in [2.24, 2.45) is 5.92 Å². The third-order valence-corrected chi connectivity index (χ3v) is 6.83. The number of halogens is 1. The van der Waals surface area contributed by atoms with Gasteiger partial charge in [-0.15, -0.1) is 0 Å². The normalized spacial score (nSPS) is 24.3. The van der Waals surface area contributed by atoms with Gasteiger partial charge in [-0.1, -0.05) is 15.9 Å². The summed E-state index contributed by atoms with van der Waals surface area (Å²) in [6, 6.07) is 12.0. The Morgan fingerprint density at radius 3 is 2.50 bits per heavy atom. The highest BCUT2D eigenvalue weighted by Gasteiger charge is 2.69. The number of aliphatic hydroxyl groups is 1. The number of rotatable bonds is 8. The number of nitro benzene ring substituents is 1. The molecule has 2 aromatic rings. The first-order valence-corrected chi connectivity index (χ1v) is 11.4. The van der Waals surface area contributed by atoms with Crippen LogP contribution in [0.4, 0.5) is 11.4 Å². The number of Topliss-reactive ketones (excluding diaryl/α,β-unsaturated/α-hetero) is 1. The molecule has 2 N–H and O–H groups in total. The number of nitrogens with zero attached hydrogens (tertiary/aromatic N) is 2. The van der Waals surface area contributed by atoms with E-state index in [1.807, 2.05) is 0 Å². The molecule has 10 nitrogen and oxygen atoms in total. The number of ketones is 1. The lowest BCUT2D eigenvalue weighted by atomic mass is 9.83. The minimum atomic E-state index is -1.87. The predicted octanol–water partition coefficient (Wildman–Crippen LogP) is 2.43. The number of hydrogen-bond acceptors (Lipinski definition) is 8. The maximum atomic E-state index is 13.4. The molecule has 2 aromatic carbocycles. The monoisotopic (exact) mass is 531 g/mol. The lowest BCUT2D eigenvalue weighted by Crippen LogP contribution is -2.72. The Morgan fingerprint density at radius 1 is 1.26 bits per heavy atom. The van der Waals surface area contributed by atoms with E-state index in [-0.39, 0.29) is 25.3 Å². The average molecular weight is 532 g/mol. The first kappa shape index (κ1) is 23.8. The number of aliphatic hydroxyl groups excluding tert-OH is 1. The van der Waals surface area contributed by atoms with E-state index in [1.54, 1.807) is 24.3 Å². The fourth-order valence-electron chi connectivity index (χ4n) is 4.53. The highest BCUT2D eigenvalue weighted by Crippen LogP contribution is 2.46. The molecule has 2 saturated heterocycles. The fourth-order valence-corrected chi connectivity index (χ4v) is 4.79. The smallest absolute Gasteiger partial charge is 0.342 e. The number of hydrogen-bond donors (Lipinski definition) is 2. The van der Waals surface area contributed by atoms with E-state index in [2.05, 4.69) is 21.2 Å². The van der Waals surface area contributed by atoms with Crippen LogP contribution < -0.4 is 5.32 Å². The summed E-state index contributed by atoms with van der Waals surface area (Å²) in [5, 5.41) is 23.9. The van der Waals surface area contributed by atoms with Gasteiger partial charge in [-0.3, -0.25) is 19.7 Å². The maximum absolute atomic E-state index is 13.4. The zero-order valence-corrected chi connectivity index (χ0v) is 19.7. The molecule has 11 heteroatoms. The molecule has 0 spiro atoms. The number of ether oxygens (including phenoxy) is 1. The number of nitrogens with one attached hydrogen (secondary N) is 1. The van der Waals surface area contributed by atoms with Crippen molar-refractivity contribution in [2.75, 3.05) is 11.9 Å². The van der Waals surface area contributed by atoms with Gasteiger partial charge >= 0.3 is 5.97 Å². The molecule has 2 heterocycles. The van der Waals surface area contributed by atoms with Crippen LogP contribution in [0.3, 0.4) is 0 Å². The van der Waals surface area contributed by atoms with Crippen molar-refractivity contribution in [3.8, 4) is 0 Å². The van der Waals surface area contributed by atoms with Crippen LogP contribution in [0.15, 0.2) is 53.0 Å². The molecule has 2 fully saturated rings. The minimum Gasteiger partial charge on any atom is -0.459 e. The van der Waals surface area contributed by atoms with Crippen LogP contribution in [0.5, 0.6) is 0 Å². The molecule has 4 atom stereocenters. The Balaban J connectivity index is 1.57. The number of anilines is 1. The van der Waals surface area contributed by atoms with Gasteiger partial charge in [0.15, 0.2) is 5.78 Å². The van der Waals surface area contributed by atoms with Crippen LogP contribution in [0.2, 0.25) is 0 Å². The molecular formula is C23H22BrN3O7. The van der Waals surface area contributed by atoms with Crippen molar-refractivity contribution in [3.63, 3.8) is 0 Å². The largest absolute Gasteiger partial charge is 0.459 e. The second kappa shape index (κ2) is 9.15. The van der Waals surface area contributed by atoms with Crippen LogP contribution in [0.1, 0.15) is 18.9 Å². The van der Waals surface area contributed by atoms with Crippen LogP contribution in [0.25, 0.3) is 0 Å². The number of esters is 1. The molecule has 2 aliphatic heterocycles. The Hall–Kier alpha value is -3.31. The van der Waals surface area contributed by atoms with Gasteiger partial charge in [0, 0.05) is 28.7 Å². The second-order valence-corrected chi connectivity index (χ2v) is 9.31. The quantitative estimate of drug-likeness (QED) is 0.174. The molecule has 0 unspecified atom stereocenters. The lowest BCUT2D eigenvalue weighted by molar-refractivity contribution is -0.384. The topological polar surface area (TPSA) is 139 Å². The Kier molecular flexibility index (Phi) is 6.41. The molecule has 1 amide bonds. The summed E-state index contributed by atoms with van der Waals surface area (Å²) in [4.78, 5) is 51.0. The van der Waals surface area contributed by atoms with Crippen molar-refractivity contribution in [2.45, 2.75) is 37.6 Å². The molecule has 0 radical (unpaired) electrons. The summed E-state index contributed by atoms with van der Waals surface area (Å²) in [6.45, 7) is 1.06. The first-order chi connectivity index (χ1) is 16.1. The van der Waals surface area contributed by atoms with Gasteiger partial charge in [0.1, 0.15) is 6.61 Å². The third kappa shape index (κ3) is 4.05. The number of carbonyl (C=O) groups is 3. The summed E-state index contributed by atoms with van der Waals surface area (Å²) >= 11 is 3.35. The molecule has 2 aliphatic rings. The van der Waals surface area contributed by atoms with Crippen LogP contribution in [-0.2, 0) is 25.7 Å². The molecular weight excluding hydrogens is 510 g/mol. The lowest BCUT2D eigenvalue weighted by Gasteiger charge is -2.49. The molecule has 178 valence electrons. The zero-order chi connectivity index (χ0) is 24.6. The molecule has 0 aliphatic carbocycles. The summed E-state index contributed by atoms with van der Waals surface area (Å²) < 4.78 is 6.31. The van der Waals surface area contributed by atoms with Gasteiger partial charge in [-0.05, 0) is 48.9 Å². The number of nitro groups is 1. The number of amides is 1. The zero-order valence-electron chi connectivity index (χ0n) is 18.1. The number of β-lactam (4-membered cyclic amide) rings is 1. The Morgan fingerprint density at radius 2 is 1.91 bits per heavy atom. The van der Waals surface area contributed by atoms with E-state index in [0.29, 0.717) is 11.3 Å². The standard InChI is InChI=1S/C23H22BrN3O7/c1-13(28)20-18-10-19(29)23(26(18)21(20)30,12-25-16-6-4-15(24)5-7-16)22(31)34-11-14-2-8-17(9-3-14)27(32)33/h2-9,13,18,20,25,28H,10-12H2,1H3/t13-,18-,20-,23+/m1/s1. The molecule has 34 heavy (non-hydrogen) atoms. The van der Waals surface area contributed by atoms with E-state index in [1.165, 1.54) is 36.1 Å². The van der Waals surface area contributed by atoms with Gasteiger partial charge in [0.05, 0.1) is 29.5 Å². The summed E-state index contributed by atoms with van der Waals surface area (Å²) in [5.41, 5.74) is -0.841. The van der Waals surface area contributed by atoms with E-state index in [4.69, 9.17) is 4.74 Å². The molecule has 4 rings (SSSR count). The molecule has 0 saturated carbocycles. The maximum Gasteiger partial charge on any atom is 0.342 e. The summed E-state index contributed by atoms with van der Waals surface area (Å²) in [5.74, 6) is -2.58. The fraction of sp³-hybridized carbons (Fsp3) is 0.348. The van der Waals surface area contributed by atoms with Crippen molar-refractivity contribution in [1.82, 2.24) is 4.90 Å². The number of non-ortho nitro benzene ring substituents is 1. The summed E-state index contributed by atoms with van der Waals surface area (Å²) in [7, 11) is 0. The second-order valence-electron chi connectivity index (χ2n) is 8.39. The SMILES string of the molecule is C[C@@H](O)[C@H]1C(=O)N2[C@@H]1CC(=O)[C@@]2(CNc1ccc(Br)cc1)C(=O)OCc1ccc([N+](=O)[O-])cc1. The summed E-state index contributed by atoms with van der Waals surface area (Å²) in [6.07, 6.45) is -1.01. The van der Waals surface area contributed by atoms with Gasteiger partial charge < -0.3 is 20.1 Å². The van der Waals surface area contributed by atoms with Crippen molar-refractivity contribution in [1.29, 1.82) is 0 Å². The number of benzene rings is 2. The van der Waals surface area contributed by atoms with Gasteiger partial charge in [-0.25, -0.2) is 4.79 Å². The van der Waals surface area contributed by atoms with Gasteiger partial charge in [0.2, 0.25) is 11.4 Å². The Bertz CT molecular complexity index is 1140. The van der Waals surface area contributed by atoms with Crippen LogP contribution in [-0.4, -0.2) is 56.8 Å². The number of fused-ring (bicyclic) bond motifs is 1. The van der Waals surface area contributed by atoms with Crippen LogP contribution >= 0.6 is 15.9 Å². The minimum absolute atomic E-state index is 0.0596. The van der Waals surface area contributed by atoms with Crippen molar-refractivity contribution in [3.05, 3.63) is 68.7 Å². The van der Waals surface area contributed by atoms with Gasteiger partial charge in [0.25, 0.3) is 5.69 Å².